The number of hydrogen-bond acceptors (Lipinski definition) is 1. The molecular formula is C22H20N2O. The Kier molecular flexibility index (Phi) is 4.21. The van der Waals surface area contributed by atoms with Gasteiger partial charge < -0.3 is 5.32 Å². The minimum Gasteiger partial charge on any atom is -0.308 e. The zero-order valence-corrected chi connectivity index (χ0v) is 14.0. The van der Waals surface area contributed by atoms with Gasteiger partial charge in [0.25, 0.3) is 0 Å². The molecule has 3 heteroatoms. The molecule has 1 aliphatic rings. The molecule has 0 atom stereocenters. The van der Waals surface area contributed by atoms with Crippen molar-refractivity contribution >= 4 is 17.4 Å². The molecular weight excluding hydrogens is 308 g/mol. The van der Waals surface area contributed by atoms with E-state index >= 15 is 0 Å². The summed E-state index contributed by atoms with van der Waals surface area (Å²) in [7, 11) is 0. The Bertz CT molecular complexity index is 872. The normalized spacial score (nSPS) is 13.2. The fourth-order valence-electron chi connectivity index (χ4n) is 3.31. The van der Waals surface area contributed by atoms with E-state index < -0.39 is 0 Å². The van der Waals surface area contributed by atoms with Crippen LogP contribution in [0.5, 0.6) is 0 Å². The molecule has 3 aromatic rings. The molecule has 1 N–H and O–H groups in total. The highest BCUT2D eigenvalue weighted by molar-refractivity contribution is 6.02. The maximum atomic E-state index is 12.7. The molecule has 0 bridgehead atoms. The summed E-state index contributed by atoms with van der Waals surface area (Å²) in [5, 5.41) is 3.02. The standard InChI is InChI=1S/C22H20N2O/c25-22(24-16-6-10-19-9-4-5-11-21(19)24)23-20-14-12-18(13-15-20)17-7-2-1-3-8-17/h1-5,7-9,11-15H,6,10,16H2,(H,23,25). The van der Waals surface area contributed by atoms with Gasteiger partial charge in [-0.3, -0.25) is 4.90 Å². The molecule has 0 fully saturated rings. The van der Waals surface area contributed by atoms with Crippen LogP contribution in [-0.2, 0) is 6.42 Å². The number of carbonyl (C=O) groups excluding carboxylic acids is 1. The molecule has 25 heavy (non-hydrogen) atoms. The highest BCUT2D eigenvalue weighted by Crippen LogP contribution is 2.27. The predicted molar refractivity (Wildman–Crippen MR) is 103 cm³/mol. The number of para-hydroxylation sites is 1. The summed E-state index contributed by atoms with van der Waals surface area (Å²) in [6.07, 6.45) is 2.03. The van der Waals surface area contributed by atoms with Crippen molar-refractivity contribution in [2.75, 3.05) is 16.8 Å². The van der Waals surface area contributed by atoms with Gasteiger partial charge in [-0.25, -0.2) is 4.79 Å². The van der Waals surface area contributed by atoms with Gasteiger partial charge in [0, 0.05) is 17.9 Å². The summed E-state index contributed by atoms with van der Waals surface area (Å²) in [6.45, 7) is 0.755. The summed E-state index contributed by atoms with van der Waals surface area (Å²) in [4.78, 5) is 14.5. The Balaban J connectivity index is 1.50. The van der Waals surface area contributed by atoms with Gasteiger partial charge in [0.2, 0.25) is 0 Å². The highest BCUT2D eigenvalue weighted by Gasteiger charge is 2.22. The average molecular weight is 328 g/mol. The Morgan fingerprint density at radius 3 is 2.28 bits per heavy atom. The first-order valence-corrected chi connectivity index (χ1v) is 8.63. The van der Waals surface area contributed by atoms with Crippen molar-refractivity contribution in [1.82, 2.24) is 0 Å². The third-order valence-electron chi connectivity index (χ3n) is 4.60. The van der Waals surface area contributed by atoms with Gasteiger partial charge in [-0.05, 0) is 47.7 Å². The van der Waals surface area contributed by atoms with Crippen molar-refractivity contribution in [3.8, 4) is 11.1 Å². The zero-order valence-electron chi connectivity index (χ0n) is 14.0. The molecule has 1 aliphatic heterocycles. The Morgan fingerprint density at radius 2 is 1.48 bits per heavy atom. The number of nitrogens with one attached hydrogen (secondary N) is 1. The molecule has 0 radical (unpaired) electrons. The van der Waals surface area contributed by atoms with Gasteiger partial charge >= 0.3 is 6.03 Å². The first-order chi connectivity index (χ1) is 12.3. The third-order valence-corrected chi connectivity index (χ3v) is 4.60. The van der Waals surface area contributed by atoms with Gasteiger partial charge in [-0.2, -0.15) is 0 Å². The van der Waals surface area contributed by atoms with Crippen LogP contribution in [0.15, 0.2) is 78.9 Å². The van der Waals surface area contributed by atoms with E-state index in [0.29, 0.717) is 0 Å². The highest BCUT2D eigenvalue weighted by atomic mass is 16.2. The summed E-state index contributed by atoms with van der Waals surface area (Å²) >= 11 is 0. The van der Waals surface area contributed by atoms with Crippen LogP contribution < -0.4 is 10.2 Å². The Morgan fingerprint density at radius 1 is 0.800 bits per heavy atom. The van der Waals surface area contributed by atoms with Gasteiger partial charge in [-0.1, -0.05) is 60.7 Å². The molecule has 0 aliphatic carbocycles. The molecule has 3 nitrogen and oxygen atoms in total. The first-order valence-electron chi connectivity index (χ1n) is 8.63. The minimum absolute atomic E-state index is 0.0698. The lowest BCUT2D eigenvalue weighted by atomic mass is 10.0. The van der Waals surface area contributed by atoms with E-state index in [1.807, 2.05) is 65.6 Å². The van der Waals surface area contributed by atoms with Crippen LogP contribution in [0.25, 0.3) is 11.1 Å². The summed E-state index contributed by atoms with van der Waals surface area (Å²) in [5.41, 5.74) is 5.38. The fourth-order valence-corrected chi connectivity index (χ4v) is 3.31. The lowest BCUT2D eigenvalue weighted by Gasteiger charge is -2.29. The molecule has 124 valence electrons. The van der Waals surface area contributed by atoms with E-state index in [9.17, 15) is 4.79 Å². The number of benzene rings is 3. The predicted octanol–water partition coefficient (Wildman–Crippen LogP) is 5.34. The molecule has 2 amide bonds. The van der Waals surface area contributed by atoms with Crippen molar-refractivity contribution < 1.29 is 4.79 Å². The number of urea groups is 1. The number of amides is 2. The maximum Gasteiger partial charge on any atom is 0.326 e. The number of rotatable bonds is 2. The van der Waals surface area contributed by atoms with Crippen LogP contribution in [0.3, 0.4) is 0 Å². The molecule has 0 saturated heterocycles. The van der Waals surface area contributed by atoms with Gasteiger partial charge in [-0.15, -0.1) is 0 Å². The summed E-state index contributed by atoms with van der Waals surface area (Å²) in [5.74, 6) is 0. The fraction of sp³-hybridized carbons (Fsp3) is 0.136. The van der Waals surface area contributed by atoms with E-state index in [1.54, 1.807) is 0 Å². The minimum atomic E-state index is -0.0698. The van der Waals surface area contributed by atoms with E-state index in [2.05, 4.69) is 23.5 Å². The SMILES string of the molecule is O=C(Nc1ccc(-c2ccccc2)cc1)N1CCCc2ccccc21. The second kappa shape index (κ2) is 6.81. The largest absolute Gasteiger partial charge is 0.326 e. The number of anilines is 2. The third kappa shape index (κ3) is 3.26. The van der Waals surface area contributed by atoms with Gasteiger partial charge in [0.1, 0.15) is 0 Å². The van der Waals surface area contributed by atoms with Crippen LogP contribution in [0, 0.1) is 0 Å². The quantitative estimate of drug-likeness (QED) is 0.677. The van der Waals surface area contributed by atoms with Crippen molar-refractivity contribution in [3.63, 3.8) is 0 Å². The molecule has 1 heterocycles. The molecule has 0 spiro atoms. The lowest BCUT2D eigenvalue weighted by molar-refractivity contribution is 0.256. The van der Waals surface area contributed by atoms with E-state index in [1.165, 1.54) is 11.1 Å². The Labute approximate surface area is 147 Å². The smallest absolute Gasteiger partial charge is 0.308 e. The van der Waals surface area contributed by atoms with Gasteiger partial charge in [0.15, 0.2) is 0 Å². The number of aryl methyl sites for hydroxylation is 1. The second-order valence-electron chi connectivity index (χ2n) is 6.26. The van der Waals surface area contributed by atoms with Crippen LogP contribution in [0.4, 0.5) is 16.2 Å². The van der Waals surface area contributed by atoms with Crippen molar-refractivity contribution in [3.05, 3.63) is 84.4 Å². The Hall–Kier alpha value is -3.07. The van der Waals surface area contributed by atoms with Crippen LogP contribution in [0.2, 0.25) is 0 Å². The van der Waals surface area contributed by atoms with Crippen molar-refractivity contribution in [2.24, 2.45) is 0 Å². The van der Waals surface area contributed by atoms with E-state index in [-0.39, 0.29) is 6.03 Å². The van der Waals surface area contributed by atoms with Crippen LogP contribution in [-0.4, -0.2) is 12.6 Å². The van der Waals surface area contributed by atoms with Crippen LogP contribution in [0.1, 0.15) is 12.0 Å². The summed E-state index contributed by atoms with van der Waals surface area (Å²) in [6, 6.07) is 26.3. The lowest BCUT2D eigenvalue weighted by Crippen LogP contribution is -2.38. The van der Waals surface area contributed by atoms with Gasteiger partial charge in [0.05, 0.1) is 0 Å². The monoisotopic (exact) mass is 328 g/mol. The maximum absolute atomic E-state index is 12.7. The number of fused-ring (bicyclic) bond motifs is 1. The number of hydrogen-bond donors (Lipinski definition) is 1. The molecule has 0 unspecified atom stereocenters. The average Bonchev–Trinajstić information content (AvgIpc) is 2.69. The topological polar surface area (TPSA) is 32.3 Å². The van der Waals surface area contributed by atoms with Crippen LogP contribution >= 0.6 is 0 Å². The second-order valence-corrected chi connectivity index (χ2v) is 6.26. The van der Waals surface area contributed by atoms with E-state index in [0.717, 1.165) is 36.3 Å². The number of carbonyl (C=O) groups is 1. The van der Waals surface area contributed by atoms with Crippen molar-refractivity contribution in [1.29, 1.82) is 0 Å². The number of nitrogens with zero attached hydrogens (tertiary/aromatic N) is 1. The molecule has 4 rings (SSSR count). The van der Waals surface area contributed by atoms with E-state index in [4.69, 9.17) is 0 Å². The first kappa shape index (κ1) is 15.5. The molecule has 0 aromatic heterocycles. The zero-order chi connectivity index (χ0) is 17.1. The molecule has 3 aromatic carbocycles. The summed E-state index contributed by atoms with van der Waals surface area (Å²) < 4.78 is 0. The van der Waals surface area contributed by atoms with Crippen molar-refractivity contribution in [2.45, 2.75) is 12.8 Å². The molecule has 0 saturated carbocycles.